The molecular formula is C12H10Br2FNS. The van der Waals surface area contributed by atoms with Crippen LogP contribution in [0.3, 0.4) is 0 Å². The average molecular weight is 379 g/mol. The molecule has 0 aliphatic rings. The minimum absolute atomic E-state index is 0.262. The molecule has 0 saturated carbocycles. The summed E-state index contributed by atoms with van der Waals surface area (Å²) in [5, 5.41) is 0. The van der Waals surface area contributed by atoms with Crippen LogP contribution in [0.15, 0.2) is 38.6 Å². The fourth-order valence-electron chi connectivity index (χ4n) is 1.65. The topological polar surface area (TPSA) is 26.0 Å². The van der Waals surface area contributed by atoms with E-state index in [-0.39, 0.29) is 11.9 Å². The van der Waals surface area contributed by atoms with Crippen LogP contribution >= 0.6 is 43.2 Å². The highest BCUT2D eigenvalue weighted by Crippen LogP contribution is 2.30. The second kappa shape index (κ2) is 5.61. The van der Waals surface area contributed by atoms with Crippen LogP contribution in [0.1, 0.15) is 16.5 Å². The van der Waals surface area contributed by atoms with E-state index in [1.807, 2.05) is 18.2 Å². The summed E-state index contributed by atoms with van der Waals surface area (Å²) in [6.07, 6.45) is 0.635. The Kier molecular flexibility index (Phi) is 4.36. The van der Waals surface area contributed by atoms with Crippen molar-refractivity contribution < 1.29 is 4.39 Å². The molecule has 0 bridgehead atoms. The maximum absolute atomic E-state index is 13.7. The first-order valence-electron chi connectivity index (χ1n) is 5.01. The van der Waals surface area contributed by atoms with E-state index in [0.29, 0.717) is 12.0 Å². The van der Waals surface area contributed by atoms with Gasteiger partial charge in [-0.3, -0.25) is 0 Å². The minimum atomic E-state index is -0.337. The summed E-state index contributed by atoms with van der Waals surface area (Å²) in [6.45, 7) is 0. The lowest BCUT2D eigenvalue weighted by Gasteiger charge is -2.13. The Morgan fingerprint density at radius 3 is 2.59 bits per heavy atom. The van der Waals surface area contributed by atoms with Crippen molar-refractivity contribution in [3.63, 3.8) is 0 Å². The number of rotatable bonds is 3. The van der Waals surface area contributed by atoms with E-state index in [9.17, 15) is 4.39 Å². The van der Waals surface area contributed by atoms with E-state index in [2.05, 4.69) is 31.9 Å². The quantitative estimate of drug-likeness (QED) is 0.826. The highest BCUT2D eigenvalue weighted by atomic mass is 79.9. The van der Waals surface area contributed by atoms with E-state index in [4.69, 9.17) is 5.73 Å². The lowest BCUT2D eigenvalue weighted by molar-refractivity contribution is 0.579. The van der Waals surface area contributed by atoms with Gasteiger partial charge in [0.05, 0.1) is 3.79 Å². The van der Waals surface area contributed by atoms with Crippen LogP contribution in [0.2, 0.25) is 0 Å². The van der Waals surface area contributed by atoms with Crippen molar-refractivity contribution >= 4 is 43.2 Å². The van der Waals surface area contributed by atoms with Crippen molar-refractivity contribution in [1.82, 2.24) is 0 Å². The molecule has 1 atom stereocenters. The molecule has 0 radical (unpaired) electrons. The van der Waals surface area contributed by atoms with Gasteiger partial charge in [0.15, 0.2) is 0 Å². The van der Waals surface area contributed by atoms with E-state index in [1.54, 1.807) is 17.4 Å². The SMILES string of the molecule is NC(Cc1ccc(Br)s1)c1c(F)cccc1Br. The van der Waals surface area contributed by atoms with Gasteiger partial charge in [0.2, 0.25) is 0 Å². The van der Waals surface area contributed by atoms with Crippen LogP contribution in [-0.4, -0.2) is 0 Å². The summed E-state index contributed by atoms with van der Waals surface area (Å²) in [5.41, 5.74) is 6.60. The van der Waals surface area contributed by atoms with Gasteiger partial charge in [0.1, 0.15) is 5.82 Å². The molecule has 0 amide bonds. The molecule has 5 heteroatoms. The van der Waals surface area contributed by atoms with Gasteiger partial charge in [-0.1, -0.05) is 22.0 Å². The average Bonchev–Trinajstić information content (AvgIpc) is 2.63. The van der Waals surface area contributed by atoms with Gasteiger partial charge in [-0.2, -0.15) is 0 Å². The molecule has 0 aliphatic carbocycles. The van der Waals surface area contributed by atoms with Crippen molar-refractivity contribution in [2.75, 3.05) is 0 Å². The molecule has 90 valence electrons. The van der Waals surface area contributed by atoms with Gasteiger partial charge in [-0.05, 0) is 40.2 Å². The van der Waals surface area contributed by atoms with Crippen LogP contribution in [0.4, 0.5) is 4.39 Å². The van der Waals surface area contributed by atoms with Crippen molar-refractivity contribution in [2.24, 2.45) is 5.73 Å². The number of thiophene rings is 1. The molecular weight excluding hydrogens is 369 g/mol. The van der Waals surface area contributed by atoms with Crippen LogP contribution in [-0.2, 0) is 6.42 Å². The Bertz CT molecular complexity index is 507. The Morgan fingerprint density at radius 2 is 2.00 bits per heavy atom. The van der Waals surface area contributed by atoms with Crippen molar-refractivity contribution in [3.8, 4) is 0 Å². The molecule has 0 aliphatic heterocycles. The fourth-order valence-corrected chi connectivity index (χ4v) is 3.82. The van der Waals surface area contributed by atoms with Crippen LogP contribution < -0.4 is 5.73 Å². The van der Waals surface area contributed by atoms with Crippen molar-refractivity contribution in [3.05, 3.63) is 54.8 Å². The molecule has 1 aromatic carbocycles. The molecule has 17 heavy (non-hydrogen) atoms. The number of nitrogens with two attached hydrogens (primary N) is 1. The zero-order chi connectivity index (χ0) is 12.4. The molecule has 2 rings (SSSR count). The zero-order valence-corrected chi connectivity index (χ0v) is 12.8. The van der Waals surface area contributed by atoms with E-state index in [1.165, 1.54) is 6.07 Å². The maximum Gasteiger partial charge on any atom is 0.129 e. The van der Waals surface area contributed by atoms with Gasteiger partial charge >= 0.3 is 0 Å². The lowest BCUT2D eigenvalue weighted by atomic mass is 10.0. The third-order valence-corrected chi connectivity index (χ3v) is 4.76. The normalized spacial score (nSPS) is 12.7. The zero-order valence-electron chi connectivity index (χ0n) is 8.79. The minimum Gasteiger partial charge on any atom is -0.324 e. The standard InChI is InChI=1S/C12H10Br2FNS/c13-8-2-1-3-9(15)12(8)10(16)6-7-4-5-11(14)17-7/h1-5,10H,6,16H2. The van der Waals surface area contributed by atoms with E-state index >= 15 is 0 Å². The Hall–Kier alpha value is -0.230. The highest BCUT2D eigenvalue weighted by molar-refractivity contribution is 9.11. The third-order valence-electron chi connectivity index (χ3n) is 2.42. The fraction of sp³-hybridized carbons (Fsp3) is 0.167. The second-order valence-corrected chi connectivity index (χ2v) is 7.05. The molecule has 1 unspecified atom stereocenters. The smallest absolute Gasteiger partial charge is 0.129 e. The Labute approximate surface area is 120 Å². The first kappa shape index (κ1) is 13.2. The Balaban J connectivity index is 2.22. The summed E-state index contributed by atoms with van der Waals surface area (Å²) < 4.78 is 15.5. The highest BCUT2D eigenvalue weighted by Gasteiger charge is 2.16. The lowest BCUT2D eigenvalue weighted by Crippen LogP contribution is -2.15. The Morgan fingerprint density at radius 1 is 1.24 bits per heavy atom. The predicted octanol–water partition coefficient (Wildman–Crippen LogP) is 4.65. The number of hydrogen-bond acceptors (Lipinski definition) is 2. The largest absolute Gasteiger partial charge is 0.324 e. The molecule has 1 aromatic heterocycles. The number of benzene rings is 1. The van der Waals surface area contributed by atoms with Crippen molar-refractivity contribution in [2.45, 2.75) is 12.5 Å². The summed E-state index contributed by atoms with van der Waals surface area (Å²) in [7, 11) is 0. The summed E-state index contributed by atoms with van der Waals surface area (Å²) in [6, 6.07) is 8.55. The number of halogens is 3. The molecule has 1 heterocycles. The summed E-state index contributed by atoms with van der Waals surface area (Å²) >= 11 is 8.36. The van der Waals surface area contributed by atoms with Crippen LogP contribution in [0.5, 0.6) is 0 Å². The summed E-state index contributed by atoms with van der Waals surface area (Å²) in [4.78, 5) is 1.14. The monoisotopic (exact) mass is 377 g/mol. The number of hydrogen-bond donors (Lipinski definition) is 1. The van der Waals surface area contributed by atoms with Gasteiger partial charge in [-0.15, -0.1) is 11.3 Å². The van der Waals surface area contributed by atoms with Crippen molar-refractivity contribution in [1.29, 1.82) is 0 Å². The van der Waals surface area contributed by atoms with Gasteiger partial charge in [-0.25, -0.2) is 4.39 Å². The predicted molar refractivity (Wildman–Crippen MR) is 76.8 cm³/mol. The van der Waals surface area contributed by atoms with E-state index < -0.39 is 0 Å². The van der Waals surface area contributed by atoms with Crippen LogP contribution in [0.25, 0.3) is 0 Å². The first-order valence-corrected chi connectivity index (χ1v) is 7.42. The second-order valence-electron chi connectivity index (χ2n) is 3.65. The maximum atomic E-state index is 13.7. The molecule has 2 aromatic rings. The molecule has 0 saturated heterocycles. The molecule has 2 N–H and O–H groups in total. The molecule has 0 spiro atoms. The molecule has 1 nitrogen and oxygen atoms in total. The van der Waals surface area contributed by atoms with E-state index in [0.717, 1.165) is 13.1 Å². The summed E-state index contributed by atoms with van der Waals surface area (Å²) in [5.74, 6) is -0.262. The van der Waals surface area contributed by atoms with Gasteiger partial charge in [0.25, 0.3) is 0 Å². The molecule has 0 fully saturated rings. The van der Waals surface area contributed by atoms with Gasteiger partial charge in [0, 0.05) is 27.4 Å². The first-order chi connectivity index (χ1) is 8.08. The van der Waals surface area contributed by atoms with Crippen LogP contribution in [0, 0.1) is 5.82 Å². The third kappa shape index (κ3) is 3.16. The van der Waals surface area contributed by atoms with Gasteiger partial charge < -0.3 is 5.73 Å².